The number of benzene rings is 3. The molecule has 29 heavy (non-hydrogen) atoms. The summed E-state index contributed by atoms with van der Waals surface area (Å²) in [6.45, 7) is 0. The molecule has 3 aromatic rings. The Morgan fingerprint density at radius 2 is 1.31 bits per heavy atom. The lowest BCUT2D eigenvalue weighted by Crippen LogP contribution is -2.28. The van der Waals surface area contributed by atoms with Crippen LogP contribution in [0.4, 0.5) is 18.9 Å². The van der Waals surface area contributed by atoms with Gasteiger partial charge >= 0.3 is 6.30 Å². The lowest BCUT2D eigenvalue weighted by Gasteiger charge is -2.23. The number of fused-ring (bicyclic) bond motifs is 2. The monoisotopic (exact) mass is 395 g/mol. The molecule has 0 heterocycles. The number of carbonyl (C=O) groups is 3. The number of anilines is 1. The van der Waals surface area contributed by atoms with Crippen LogP contribution in [0.3, 0.4) is 0 Å². The maximum Gasteiger partial charge on any atom is 0.482 e. The van der Waals surface area contributed by atoms with Gasteiger partial charge in [-0.3, -0.25) is 19.7 Å². The van der Waals surface area contributed by atoms with Gasteiger partial charge in [0.15, 0.2) is 17.3 Å². The van der Waals surface area contributed by atoms with Crippen molar-refractivity contribution in [3.63, 3.8) is 0 Å². The molecule has 0 saturated carbocycles. The van der Waals surface area contributed by atoms with E-state index in [2.05, 4.69) is 0 Å². The van der Waals surface area contributed by atoms with E-state index >= 15 is 0 Å². The second-order valence-electron chi connectivity index (χ2n) is 6.43. The Kier molecular flexibility index (Phi) is 4.30. The Morgan fingerprint density at radius 1 is 0.724 bits per heavy atom. The highest BCUT2D eigenvalue weighted by atomic mass is 19.4. The van der Waals surface area contributed by atoms with E-state index < -0.39 is 34.9 Å². The number of alkyl halides is 3. The van der Waals surface area contributed by atoms with E-state index in [1.54, 1.807) is 24.3 Å². The van der Waals surface area contributed by atoms with Crippen LogP contribution in [0.25, 0.3) is 0 Å². The van der Waals surface area contributed by atoms with Gasteiger partial charge in [-0.15, -0.1) is 0 Å². The number of ketones is 3. The van der Waals surface area contributed by atoms with E-state index in [9.17, 15) is 27.6 Å². The van der Waals surface area contributed by atoms with Crippen molar-refractivity contribution >= 4 is 23.0 Å². The molecule has 0 spiro atoms. The van der Waals surface area contributed by atoms with Crippen LogP contribution < -0.4 is 5.32 Å². The van der Waals surface area contributed by atoms with E-state index in [4.69, 9.17) is 0 Å². The first-order valence-corrected chi connectivity index (χ1v) is 8.58. The van der Waals surface area contributed by atoms with E-state index in [1.165, 1.54) is 41.7 Å². The fraction of sp³-hybridized carbons (Fsp3) is 0.0455. The summed E-state index contributed by atoms with van der Waals surface area (Å²) in [7, 11) is 0. The van der Waals surface area contributed by atoms with Gasteiger partial charge in [0.1, 0.15) is 0 Å². The van der Waals surface area contributed by atoms with Crippen LogP contribution in [0.5, 0.6) is 0 Å². The molecule has 0 atom stereocenters. The average Bonchev–Trinajstić information content (AvgIpc) is 2.71. The maximum absolute atomic E-state index is 13.3. The predicted octanol–water partition coefficient (Wildman–Crippen LogP) is 4.62. The molecule has 0 radical (unpaired) electrons. The molecule has 0 unspecified atom stereocenters. The summed E-state index contributed by atoms with van der Waals surface area (Å²) < 4.78 is 39.8. The molecular weight excluding hydrogens is 383 g/mol. The molecule has 3 aromatic carbocycles. The van der Waals surface area contributed by atoms with E-state index in [0.29, 0.717) is 0 Å². The van der Waals surface area contributed by atoms with E-state index in [-0.39, 0.29) is 27.8 Å². The molecule has 1 aliphatic carbocycles. The van der Waals surface area contributed by atoms with Gasteiger partial charge in [-0.1, -0.05) is 54.6 Å². The zero-order valence-corrected chi connectivity index (χ0v) is 14.7. The molecular formula is C22H12F3NO3. The Hall–Kier alpha value is -3.74. The fourth-order valence-electron chi connectivity index (χ4n) is 3.39. The number of hydrogen-bond acceptors (Lipinski definition) is 4. The second kappa shape index (κ2) is 6.70. The summed E-state index contributed by atoms with van der Waals surface area (Å²) in [5, 5.41) is 1.32. The first-order chi connectivity index (χ1) is 13.8. The standard InChI is InChI=1S/C22H12F3NO3/c23-22(24,25)26-18-16(19(27)12-6-2-1-3-7-12)11-10-15-17(18)21(29)14-9-5-4-8-13(14)20(15)28/h1-11,26H. The molecule has 144 valence electrons. The minimum absolute atomic E-state index is 0.000431. The fourth-order valence-corrected chi connectivity index (χ4v) is 3.39. The lowest BCUT2D eigenvalue weighted by atomic mass is 9.81. The maximum atomic E-state index is 13.3. The Morgan fingerprint density at radius 3 is 1.93 bits per heavy atom. The van der Waals surface area contributed by atoms with Gasteiger partial charge < -0.3 is 0 Å². The molecule has 0 fully saturated rings. The van der Waals surface area contributed by atoms with Crippen molar-refractivity contribution in [1.29, 1.82) is 0 Å². The van der Waals surface area contributed by atoms with Crippen LogP contribution in [-0.4, -0.2) is 23.6 Å². The molecule has 4 rings (SSSR count). The Labute approximate surface area is 163 Å². The molecule has 0 amide bonds. The first-order valence-electron chi connectivity index (χ1n) is 8.58. The van der Waals surface area contributed by atoms with Gasteiger partial charge in [0.25, 0.3) is 0 Å². The summed E-state index contributed by atoms with van der Waals surface area (Å²) >= 11 is 0. The summed E-state index contributed by atoms with van der Waals surface area (Å²) in [6.07, 6.45) is -4.92. The zero-order chi connectivity index (χ0) is 20.8. The third-order valence-electron chi connectivity index (χ3n) is 4.64. The highest BCUT2D eigenvalue weighted by Gasteiger charge is 2.37. The van der Waals surface area contributed by atoms with Gasteiger partial charge in [-0.25, -0.2) is 0 Å². The van der Waals surface area contributed by atoms with Gasteiger partial charge in [0, 0.05) is 27.8 Å². The molecule has 4 nitrogen and oxygen atoms in total. The number of rotatable bonds is 3. The number of halogens is 3. The third-order valence-corrected chi connectivity index (χ3v) is 4.64. The van der Waals surface area contributed by atoms with Crippen molar-refractivity contribution in [1.82, 2.24) is 0 Å². The second-order valence-corrected chi connectivity index (χ2v) is 6.43. The van der Waals surface area contributed by atoms with Gasteiger partial charge in [0.2, 0.25) is 0 Å². The van der Waals surface area contributed by atoms with Crippen molar-refractivity contribution in [2.75, 3.05) is 5.32 Å². The summed E-state index contributed by atoms with van der Waals surface area (Å²) in [5.74, 6) is -2.01. The highest BCUT2D eigenvalue weighted by Crippen LogP contribution is 2.37. The Balaban J connectivity index is 1.97. The normalized spacial score (nSPS) is 12.9. The molecule has 7 heteroatoms. The molecule has 0 aromatic heterocycles. The Bertz CT molecular complexity index is 1170. The SMILES string of the molecule is O=C(c1ccccc1)c1ccc2c(c1NC(F)(F)F)C(=O)c1ccccc1C2=O. The minimum atomic E-state index is -4.92. The van der Waals surface area contributed by atoms with Crippen molar-refractivity contribution in [3.8, 4) is 0 Å². The van der Waals surface area contributed by atoms with E-state index in [0.717, 1.165) is 6.07 Å². The number of carbonyl (C=O) groups excluding carboxylic acids is 3. The molecule has 0 bridgehead atoms. The van der Waals surface area contributed by atoms with Crippen molar-refractivity contribution < 1.29 is 27.6 Å². The van der Waals surface area contributed by atoms with Crippen molar-refractivity contribution in [2.24, 2.45) is 0 Å². The smallest absolute Gasteiger partial charge is 0.296 e. The van der Waals surface area contributed by atoms with Crippen LogP contribution >= 0.6 is 0 Å². The predicted molar refractivity (Wildman–Crippen MR) is 99.3 cm³/mol. The van der Waals surface area contributed by atoms with Crippen molar-refractivity contribution in [3.05, 3.63) is 100 Å². The summed E-state index contributed by atoms with van der Waals surface area (Å²) in [6, 6.07) is 16.0. The van der Waals surface area contributed by atoms with E-state index in [1.807, 2.05) is 0 Å². The average molecular weight is 395 g/mol. The van der Waals surface area contributed by atoms with Crippen LogP contribution in [-0.2, 0) is 0 Å². The number of nitrogens with one attached hydrogen (secondary N) is 1. The molecule has 1 aliphatic rings. The van der Waals surface area contributed by atoms with Crippen LogP contribution in [0, 0.1) is 0 Å². The third kappa shape index (κ3) is 3.20. The quantitative estimate of drug-likeness (QED) is 0.406. The van der Waals surface area contributed by atoms with Gasteiger partial charge in [0.05, 0.1) is 11.3 Å². The van der Waals surface area contributed by atoms with Crippen LogP contribution in [0.2, 0.25) is 0 Å². The van der Waals surface area contributed by atoms with Gasteiger partial charge in [-0.2, -0.15) is 13.2 Å². The molecule has 0 saturated heterocycles. The lowest BCUT2D eigenvalue weighted by molar-refractivity contribution is -0.0999. The van der Waals surface area contributed by atoms with Crippen LogP contribution in [0.1, 0.15) is 47.8 Å². The highest BCUT2D eigenvalue weighted by molar-refractivity contribution is 6.31. The van der Waals surface area contributed by atoms with Gasteiger partial charge in [-0.05, 0) is 12.1 Å². The minimum Gasteiger partial charge on any atom is -0.296 e. The summed E-state index contributed by atoms with van der Waals surface area (Å²) in [4.78, 5) is 38.6. The topological polar surface area (TPSA) is 63.2 Å². The summed E-state index contributed by atoms with van der Waals surface area (Å²) in [5.41, 5.74) is -1.40. The molecule has 0 aliphatic heterocycles. The first kappa shape index (κ1) is 18.6. The zero-order valence-electron chi connectivity index (χ0n) is 14.7. The largest absolute Gasteiger partial charge is 0.482 e. The number of hydrogen-bond donors (Lipinski definition) is 1. The van der Waals surface area contributed by atoms with Crippen LogP contribution in [0.15, 0.2) is 66.7 Å². The molecule has 1 N–H and O–H groups in total. The van der Waals surface area contributed by atoms with Crippen molar-refractivity contribution in [2.45, 2.75) is 6.30 Å².